The number of nitrogens with zero attached hydrogens (tertiary/aromatic N) is 2. The zero-order valence-electron chi connectivity index (χ0n) is 19.5. The van der Waals surface area contributed by atoms with Gasteiger partial charge < -0.3 is 15.5 Å². The number of aromatic amines is 1. The van der Waals surface area contributed by atoms with E-state index in [0.717, 1.165) is 60.8 Å². The first kappa shape index (κ1) is 21.8. The number of carbonyl (C=O) groups excluding carboxylic acids is 3. The van der Waals surface area contributed by atoms with Crippen LogP contribution in [0.3, 0.4) is 0 Å². The van der Waals surface area contributed by atoms with E-state index in [2.05, 4.69) is 33.0 Å². The van der Waals surface area contributed by atoms with E-state index in [1.54, 1.807) is 0 Å². The van der Waals surface area contributed by atoms with Gasteiger partial charge in [0.15, 0.2) is 5.69 Å². The lowest BCUT2D eigenvalue weighted by atomic mass is 9.67. The maximum absolute atomic E-state index is 13.3. The monoisotopic (exact) mass is 471 g/mol. The van der Waals surface area contributed by atoms with Crippen molar-refractivity contribution in [3.05, 3.63) is 54.2 Å². The van der Waals surface area contributed by atoms with Gasteiger partial charge in [-0.15, -0.1) is 0 Å². The minimum atomic E-state index is -0.249. The maximum atomic E-state index is 13.3. The Kier molecular flexibility index (Phi) is 5.31. The highest BCUT2D eigenvalue weighted by Gasteiger charge is 2.48. The normalized spacial score (nSPS) is 21.7. The van der Waals surface area contributed by atoms with Crippen molar-refractivity contribution in [1.82, 2.24) is 25.7 Å². The van der Waals surface area contributed by atoms with Crippen LogP contribution in [0, 0.1) is 11.3 Å². The average Bonchev–Trinajstić information content (AvgIpc) is 3.49. The Balaban J connectivity index is 1.07. The van der Waals surface area contributed by atoms with Crippen LogP contribution in [0.25, 0.3) is 22.0 Å². The topological polar surface area (TPSA) is 107 Å². The first-order valence-electron chi connectivity index (χ1n) is 12.4. The molecular weight excluding hydrogens is 442 g/mol. The molecule has 2 aliphatic heterocycles. The Morgan fingerprint density at radius 1 is 1.03 bits per heavy atom. The first-order chi connectivity index (χ1) is 17.0. The molecule has 1 unspecified atom stereocenters. The van der Waals surface area contributed by atoms with E-state index in [9.17, 15) is 14.4 Å². The molecule has 3 heterocycles. The van der Waals surface area contributed by atoms with Crippen LogP contribution >= 0.6 is 0 Å². The number of carbonyl (C=O) groups is 3. The van der Waals surface area contributed by atoms with Crippen molar-refractivity contribution in [2.24, 2.45) is 11.3 Å². The predicted octanol–water partition coefficient (Wildman–Crippen LogP) is 2.87. The molecule has 0 radical (unpaired) electrons. The van der Waals surface area contributed by atoms with Crippen molar-refractivity contribution in [3.63, 3.8) is 0 Å². The van der Waals surface area contributed by atoms with E-state index >= 15 is 0 Å². The van der Waals surface area contributed by atoms with E-state index in [0.29, 0.717) is 12.2 Å². The van der Waals surface area contributed by atoms with Gasteiger partial charge in [-0.3, -0.25) is 19.5 Å². The fourth-order valence-electron chi connectivity index (χ4n) is 5.84. The fraction of sp³-hybridized carbons (Fsp3) is 0.407. The smallest absolute Gasteiger partial charge is 0.275 e. The number of nitrogens with one attached hydrogen (secondary N) is 3. The third-order valence-electron chi connectivity index (χ3n) is 7.95. The van der Waals surface area contributed by atoms with Crippen LogP contribution in [0.15, 0.2) is 48.5 Å². The molecule has 1 aromatic heterocycles. The van der Waals surface area contributed by atoms with E-state index in [4.69, 9.17) is 0 Å². The predicted molar refractivity (Wildman–Crippen MR) is 131 cm³/mol. The molecule has 1 atom stereocenters. The Bertz CT molecular complexity index is 1280. The zero-order chi connectivity index (χ0) is 24.0. The molecule has 3 aromatic rings. The molecule has 0 bridgehead atoms. The SMILES string of the molecule is O=C1CC(C(=O)NC2CCC3(CC2)CN(C(=O)c2n[nH]c4ccc(-c5ccccc5)cc24)C3)CN1. The molecule has 3 aliphatic rings. The summed E-state index contributed by atoms with van der Waals surface area (Å²) in [5, 5.41) is 14.1. The number of aromatic nitrogens is 2. The molecule has 2 saturated heterocycles. The second-order valence-electron chi connectivity index (χ2n) is 10.3. The zero-order valence-corrected chi connectivity index (χ0v) is 19.5. The number of likely N-dealkylation sites (tertiary alicyclic amines) is 1. The van der Waals surface area contributed by atoms with E-state index < -0.39 is 0 Å². The molecule has 8 nitrogen and oxygen atoms in total. The first-order valence-corrected chi connectivity index (χ1v) is 12.4. The number of hydrogen-bond donors (Lipinski definition) is 3. The molecule has 3 amide bonds. The van der Waals surface area contributed by atoms with Crippen LogP contribution in [-0.4, -0.2) is 58.5 Å². The summed E-state index contributed by atoms with van der Waals surface area (Å²) in [6.07, 6.45) is 4.08. The van der Waals surface area contributed by atoms with Gasteiger partial charge in [-0.25, -0.2) is 0 Å². The molecule has 180 valence electrons. The lowest BCUT2D eigenvalue weighted by Gasteiger charge is -2.53. The van der Waals surface area contributed by atoms with Crippen molar-refractivity contribution in [1.29, 1.82) is 0 Å². The van der Waals surface area contributed by atoms with Gasteiger partial charge in [0.1, 0.15) is 0 Å². The third-order valence-corrected chi connectivity index (χ3v) is 7.95. The van der Waals surface area contributed by atoms with Gasteiger partial charge >= 0.3 is 0 Å². The number of fused-ring (bicyclic) bond motifs is 1. The summed E-state index contributed by atoms with van der Waals surface area (Å²) in [6.45, 7) is 1.91. The van der Waals surface area contributed by atoms with Crippen LogP contribution in [0.2, 0.25) is 0 Å². The van der Waals surface area contributed by atoms with E-state index in [-0.39, 0.29) is 41.5 Å². The largest absolute Gasteiger partial charge is 0.355 e. The molecule has 35 heavy (non-hydrogen) atoms. The molecule has 6 rings (SSSR count). The third kappa shape index (κ3) is 4.07. The van der Waals surface area contributed by atoms with Crippen LogP contribution in [0.5, 0.6) is 0 Å². The van der Waals surface area contributed by atoms with Crippen molar-refractivity contribution in [3.8, 4) is 11.1 Å². The number of rotatable bonds is 4. The fourth-order valence-corrected chi connectivity index (χ4v) is 5.84. The van der Waals surface area contributed by atoms with Crippen LogP contribution in [0.4, 0.5) is 0 Å². The van der Waals surface area contributed by atoms with Gasteiger partial charge in [-0.2, -0.15) is 5.10 Å². The molecule has 3 fully saturated rings. The van der Waals surface area contributed by atoms with Crippen LogP contribution in [0.1, 0.15) is 42.6 Å². The van der Waals surface area contributed by atoms with Crippen molar-refractivity contribution < 1.29 is 14.4 Å². The maximum Gasteiger partial charge on any atom is 0.275 e. The van der Waals surface area contributed by atoms with Gasteiger partial charge in [0.25, 0.3) is 5.91 Å². The van der Waals surface area contributed by atoms with Gasteiger partial charge in [0, 0.05) is 42.9 Å². The molecule has 8 heteroatoms. The lowest BCUT2D eigenvalue weighted by molar-refractivity contribution is -0.127. The molecule has 1 saturated carbocycles. The van der Waals surface area contributed by atoms with Gasteiger partial charge in [-0.05, 0) is 48.9 Å². The second-order valence-corrected chi connectivity index (χ2v) is 10.3. The minimum Gasteiger partial charge on any atom is -0.355 e. The standard InChI is InChI=1S/C27H29N5O3/c33-23-13-19(14-28-23)25(34)29-20-8-10-27(11-9-20)15-32(16-27)26(35)24-21-12-18(6-7-22(21)30-31-24)17-4-2-1-3-5-17/h1-7,12,19-20H,8-11,13-16H2,(H,28,33)(H,29,34)(H,30,31). The highest BCUT2D eigenvalue weighted by atomic mass is 16.2. The van der Waals surface area contributed by atoms with E-state index in [1.807, 2.05) is 41.3 Å². The van der Waals surface area contributed by atoms with Gasteiger partial charge in [0.05, 0.1) is 11.4 Å². The second kappa shape index (κ2) is 8.52. The van der Waals surface area contributed by atoms with Crippen molar-refractivity contribution >= 4 is 28.6 Å². The number of hydrogen-bond acceptors (Lipinski definition) is 4. The minimum absolute atomic E-state index is 0.0185. The number of amides is 3. The summed E-state index contributed by atoms with van der Waals surface area (Å²) < 4.78 is 0. The van der Waals surface area contributed by atoms with Crippen molar-refractivity contribution in [2.75, 3.05) is 19.6 Å². The van der Waals surface area contributed by atoms with Crippen molar-refractivity contribution in [2.45, 2.75) is 38.1 Å². The Labute approximate surface area is 203 Å². The molecule has 1 aliphatic carbocycles. The van der Waals surface area contributed by atoms with Gasteiger partial charge in [0.2, 0.25) is 11.8 Å². The molecule has 3 N–H and O–H groups in total. The summed E-state index contributed by atoms with van der Waals surface area (Å²) >= 11 is 0. The highest BCUT2D eigenvalue weighted by Crippen LogP contribution is 2.44. The highest BCUT2D eigenvalue weighted by molar-refractivity contribution is 6.06. The quantitative estimate of drug-likeness (QED) is 0.544. The van der Waals surface area contributed by atoms with Gasteiger partial charge in [-0.1, -0.05) is 36.4 Å². The Morgan fingerprint density at radius 3 is 2.51 bits per heavy atom. The van der Waals surface area contributed by atoms with Crippen LogP contribution in [-0.2, 0) is 9.59 Å². The molecule has 2 aromatic carbocycles. The summed E-state index contributed by atoms with van der Waals surface area (Å²) in [5.41, 5.74) is 3.65. The Hall–Kier alpha value is -3.68. The summed E-state index contributed by atoms with van der Waals surface area (Å²) in [6, 6.07) is 16.3. The summed E-state index contributed by atoms with van der Waals surface area (Å²) in [4.78, 5) is 39.0. The van der Waals surface area contributed by atoms with E-state index in [1.165, 1.54) is 0 Å². The molecule has 1 spiro atoms. The Morgan fingerprint density at radius 2 is 1.80 bits per heavy atom. The average molecular weight is 472 g/mol. The lowest BCUT2D eigenvalue weighted by Crippen LogP contribution is -2.60. The van der Waals surface area contributed by atoms with Crippen LogP contribution < -0.4 is 10.6 Å². The summed E-state index contributed by atoms with van der Waals surface area (Å²) in [7, 11) is 0. The summed E-state index contributed by atoms with van der Waals surface area (Å²) in [5.74, 6) is -0.342. The number of H-pyrrole nitrogens is 1. The number of benzene rings is 2. The molecular formula is C27H29N5O3.